The van der Waals surface area contributed by atoms with Gasteiger partial charge >= 0.3 is 0 Å². The molecule has 186 valence electrons. The Balaban J connectivity index is 2.46. The predicted molar refractivity (Wildman–Crippen MR) is 141 cm³/mol. The van der Waals surface area contributed by atoms with Gasteiger partial charge in [0.25, 0.3) is 0 Å². The third kappa shape index (κ3) is 7.34. The third-order valence-electron chi connectivity index (χ3n) is 5.36. The smallest absolute Gasteiger partial charge is 0.244 e. The van der Waals surface area contributed by atoms with Gasteiger partial charge in [-0.25, -0.2) is 8.42 Å². The van der Waals surface area contributed by atoms with Crippen molar-refractivity contribution in [3.05, 3.63) is 62.5 Å². The first-order valence-electron chi connectivity index (χ1n) is 10.6. The van der Waals surface area contributed by atoms with Crippen LogP contribution in [0.25, 0.3) is 0 Å². The van der Waals surface area contributed by atoms with Crippen molar-refractivity contribution >= 4 is 66.7 Å². The molecule has 0 fully saturated rings. The van der Waals surface area contributed by atoms with Crippen LogP contribution < -0.4 is 9.62 Å². The van der Waals surface area contributed by atoms with Crippen molar-refractivity contribution in [1.29, 1.82) is 0 Å². The molecule has 0 saturated carbocycles. The lowest BCUT2D eigenvalue weighted by Gasteiger charge is -2.32. The molecule has 0 radical (unpaired) electrons. The fourth-order valence-corrected chi connectivity index (χ4v) is 5.15. The van der Waals surface area contributed by atoms with Crippen LogP contribution >= 0.6 is 39.1 Å². The molecule has 0 aliphatic rings. The van der Waals surface area contributed by atoms with Crippen molar-refractivity contribution in [2.24, 2.45) is 0 Å². The van der Waals surface area contributed by atoms with E-state index in [1.54, 1.807) is 49.4 Å². The molecule has 34 heavy (non-hydrogen) atoms. The number of hydrogen-bond acceptors (Lipinski definition) is 4. The summed E-state index contributed by atoms with van der Waals surface area (Å²) in [5.74, 6) is -0.943. The molecule has 2 aromatic carbocycles. The average molecular weight is 593 g/mol. The highest BCUT2D eigenvalue weighted by molar-refractivity contribution is 9.10. The Kier molecular flexibility index (Phi) is 10.2. The molecule has 0 aliphatic heterocycles. The van der Waals surface area contributed by atoms with E-state index in [0.717, 1.165) is 10.6 Å². The number of halogens is 3. The van der Waals surface area contributed by atoms with Crippen molar-refractivity contribution in [2.45, 2.75) is 45.8 Å². The molecule has 2 atom stereocenters. The number of sulfonamides is 1. The summed E-state index contributed by atoms with van der Waals surface area (Å²) in [4.78, 5) is 27.8. The van der Waals surface area contributed by atoms with Crippen LogP contribution in [-0.4, -0.2) is 50.0 Å². The van der Waals surface area contributed by atoms with E-state index in [2.05, 4.69) is 21.2 Å². The molecule has 0 spiro atoms. The van der Waals surface area contributed by atoms with Gasteiger partial charge < -0.3 is 10.2 Å². The van der Waals surface area contributed by atoms with E-state index >= 15 is 0 Å². The Morgan fingerprint density at radius 2 is 1.65 bits per heavy atom. The van der Waals surface area contributed by atoms with Crippen LogP contribution in [0.3, 0.4) is 0 Å². The van der Waals surface area contributed by atoms with E-state index in [9.17, 15) is 18.0 Å². The van der Waals surface area contributed by atoms with Gasteiger partial charge in [-0.2, -0.15) is 0 Å². The number of carbonyl (C=O) groups is 2. The van der Waals surface area contributed by atoms with Crippen LogP contribution in [0.2, 0.25) is 10.0 Å². The molecule has 0 aliphatic carbocycles. The largest absolute Gasteiger partial charge is 0.352 e. The Hall–Kier alpha value is -1.81. The SMILES string of the molecule is CC[C@H](C)NC(=O)[C@H](C)N(Cc1c(Cl)cccc1Cl)C(=O)CN(c1ccccc1Br)S(C)(=O)=O. The monoisotopic (exact) mass is 591 g/mol. The minimum atomic E-state index is -3.82. The number of anilines is 1. The van der Waals surface area contributed by atoms with Crippen molar-refractivity contribution in [3.8, 4) is 0 Å². The normalized spacial score (nSPS) is 13.1. The molecule has 0 saturated heterocycles. The van der Waals surface area contributed by atoms with E-state index in [1.165, 1.54) is 4.90 Å². The van der Waals surface area contributed by atoms with Crippen LogP contribution in [0.5, 0.6) is 0 Å². The zero-order valence-corrected chi connectivity index (χ0v) is 23.3. The Bertz CT molecular complexity index is 1130. The average Bonchev–Trinajstić information content (AvgIpc) is 2.76. The zero-order chi connectivity index (χ0) is 25.6. The molecule has 2 rings (SSSR count). The number of amides is 2. The van der Waals surface area contributed by atoms with Gasteiger partial charge in [-0.1, -0.05) is 48.3 Å². The van der Waals surface area contributed by atoms with E-state index in [0.29, 0.717) is 32.2 Å². The molecule has 1 N–H and O–H groups in total. The van der Waals surface area contributed by atoms with Gasteiger partial charge in [0.15, 0.2) is 0 Å². The summed E-state index contributed by atoms with van der Waals surface area (Å²) in [5.41, 5.74) is 0.778. The van der Waals surface area contributed by atoms with E-state index in [-0.39, 0.29) is 18.5 Å². The van der Waals surface area contributed by atoms with Crippen molar-refractivity contribution < 1.29 is 18.0 Å². The van der Waals surface area contributed by atoms with Gasteiger partial charge in [-0.3, -0.25) is 13.9 Å². The second-order valence-corrected chi connectivity index (χ2v) is 11.5. The number of carbonyl (C=O) groups excluding carboxylic acids is 2. The molecule has 2 aromatic rings. The number of nitrogens with one attached hydrogen (secondary N) is 1. The van der Waals surface area contributed by atoms with Crippen molar-refractivity contribution in [2.75, 3.05) is 17.1 Å². The van der Waals surface area contributed by atoms with E-state index < -0.39 is 28.5 Å². The molecule has 0 aromatic heterocycles. The number of para-hydroxylation sites is 1. The van der Waals surface area contributed by atoms with Crippen molar-refractivity contribution in [3.63, 3.8) is 0 Å². The molecule has 2 amide bonds. The first-order valence-corrected chi connectivity index (χ1v) is 14.0. The Morgan fingerprint density at radius 3 is 2.18 bits per heavy atom. The first-order chi connectivity index (χ1) is 15.9. The van der Waals surface area contributed by atoms with Gasteiger partial charge in [-0.15, -0.1) is 0 Å². The van der Waals surface area contributed by atoms with Gasteiger partial charge in [0.05, 0.1) is 11.9 Å². The quantitative estimate of drug-likeness (QED) is 0.427. The standard InChI is InChI=1S/C23H28BrCl2N3O4S/c1-5-15(2)27-23(31)16(3)28(13-17-19(25)10-8-11-20(17)26)22(30)14-29(34(4,32)33)21-12-7-6-9-18(21)24/h6-12,15-16H,5,13-14H2,1-4H3,(H,27,31)/t15-,16-/m0/s1. The summed E-state index contributed by atoms with van der Waals surface area (Å²) in [6.07, 6.45) is 1.74. The summed E-state index contributed by atoms with van der Waals surface area (Å²) >= 11 is 16.0. The van der Waals surface area contributed by atoms with Gasteiger partial charge in [0.1, 0.15) is 12.6 Å². The predicted octanol–water partition coefficient (Wildman–Crippen LogP) is 4.85. The maximum atomic E-state index is 13.6. The number of benzene rings is 2. The first kappa shape index (κ1) is 28.4. The summed E-state index contributed by atoms with van der Waals surface area (Å²) < 4.78 is 26.7. The molecule has 0 bridgehead atoms. The number of rotatable bonds is 10. The van der Waals surface area contributed by atoms with Gasteiger partial charge in [0.2, 0.25) is 21.8 Å². The highest BCUT2D eigenvalue weighted by Crippen LogP contribution is 2.29. The molecule has 0 heterocycles. The lowest BCUT2D eigenvalue weighted by atomic mass is 10.1. The van der Waals surface area contributed by atoms with Crippen LogP contribution in [0, 0.1) is 0 Å². The topological polar surface area (TPSA) is 86.8 Å². The third-order valence-corrected chi connectivity index (χ3v) is 7.86. The fourth-order valence-electron chi connectivity index (χ4n) is 3.15. The van der Waals surface area contributed by atoms with Gasteiger partial charge in [-0.05, 0) is 60.5 Å². The summed E-state index contributed by atoms with van der Waals surface area (Å²) in [7, 11) is -3.82. The Labute approximate surface area is 219 Å². The number of nitrogens with zero attached hydrogens (tertiary/aromatic N) is 2. The maximum Gasteiger partial charge on any atom is 0.244 e. The molecule has 7 nitrogen and oxygen atoms in total. The lowest BCUT2D eigenvalue weighted by molar-refractivity contribution is -0.139. The van der Waals surface area contributed by atoms with Crippen LogP contribution in [0.1, 0.15) is 32.8 Å². The Morgan fingerprint density at radius 1 is 1.06 bits per heavy atom. The van der Waals surface area contributed by atoms with Gasteiger partial charge in [0, 0.05) is 32.7 Å². The van der Waals surface area contributed by atoms with Crippen LogP contribution in [0.15, 0.2) is 46.9 Å². The summed E-state index contributed by atoms with van der Waals surface area (Å²) in [6.45, 7) is 4.80. The maximum absolute atomic E-state index is 13.6. The molecule has 0 unspecified atom stereocenters. The van der Waals surface area contributed by atoms with Crippen LogP contribution in [-0.2, 0) is 26.2 Å². The van der Waals surface area contributed by atoms with Crippen LogP contribution in [0.4, 0.5) is 5.69 Å². The minimum absolute atomic E-state index is 0.0695. The molecular formula is C23H28BrCl2N3O4S. The molecule has 11 heteroatoms. The summed E-state index contributed by atoms with van der Waals surface area (Å²) in [5, 5.41) is 3.54. The highest BCUT2D eigenvalue weighted by atomic mass is 79.9. The van der Waals surface area contributed by atoms with E-state index in [1.807, 2.05) is 13.8 Å². The zero-order valence-electron chi connectivity index (χ0n) is 19.4. The number of hydrogen-bond donors (Lipinski definition) is 1. The second kappa shape index (κ2) is 12.2. The summed E-state index contributed by atoms with van der Waals surface area (Å²) in [6, 6.07) is 10.6. The lowest BCUT2D eigenvalue weighted by Crippen LogP contribution is -2.52. The highest BCUT2D eigenvalue weighted by Gasteiger charge is 2.31. The molecular weight excluding hydrogens is 565 g/mol. The second-order valence-electron chi connectivity index (χ2n) is 7.94. The van der Waals surface area contributed by atoms with E-state index in [4.69, 9.17) is 23.2 Å². The van der Waals surface area contributed by atoms with Crippen molar-refractivity contribution in [1.82, 2.24) is 10.2 Å². The minimum Gasteiger partial charge on any atom is -0.352 e. The fraction of sp³-hybridized carbons (Fsp3) is 0.391.